The minimum atomic E-state index is -4.52. The Morgan fingerprint density at radius 3 is 2.79 bits per heavy atom. The zero-order chi connectivity index (χ0) is 10.6. The summed E-state index contributed by atoms with van der Waals surface area (Å²) in [5, 5.41) is 11.2. The van der Waals surface area contributed by atoms with Crippen molar-refractivity contribution in [3.05, 3.63) is 16.6 Å². The Morgan fingerprint density at radius 2 is 2.29 bits per heavy atom. The molecule has 0 spiro atoms. The molecule has 7 heteroatoms. The summed E-state index contributed by atoms with van der Waals surface area (Å²) in [5.41, 5.74) is 0. The maximum Gasteiger partial charge on any atom is 0.415 e. The molecule has 0 amide bonds. The molecule has 1 aromatic rings. The fourth-order valence-corrected chi connectivity index (χ4v) is 2.38. The Balaban J connectivity index is 2.22. The normalized spacial score (nSPS) is 14.3. The van der Waals surface area contributed by atoms with Crippen LogP contribution in [0.25, 0.3) is 0 Å². The highest BCUT2D eigenvalue weighted by molar-refractivity contribution is 7.98. The van der Waals surface area contributed by atoms with Crippen LogP contribution in [0.2, 0.25) is 0 Å². The van der Waals surface area contributed by atoms with Crippen molar-refractivity contribution in [2.24, 2.45) is 0 Å². The summed E-state index contributed by atoms with van der Waals surface area (Å²) in [6, 6.07) is 0. The predicted molar refractivity (Wildman–Crippen MR) is 50.3 cm³/mol. The maximum atomic E-state index is 11.8. The molecule has 0 saturated carbocycles. The van der Waals surface area contributed by atoms with Crippen LogP contribution in [0.15, 0.2) is 11.6 Å². The Kier molecular flexibility index (Phi) is 4.21. The molecule has 0 aliphatic heterocycles. The van der Waals surface area contributed by atoms with Crippen molar-refractivity contribution in [2.45, 2.75) is 18.0 Å². The maximum absolute atomic E-state index is 11.8. The average molecular weight is 243 g/mol. The van der Waals surface area contributed by atoms with Gasteiger partial charge in [0.05, 0.1) is 0 Å². The van der Waals surface area contributed by atoms with Crippen LogP contribution in [0.5, 0.6) is 0 Å². The first kappa shape index (κ1) is 11.8. The minimum Gasteiger partial charge on any atom is -0.383 e. The van der Waals surface area contributed by atoms with Crippen molar-refractivity contribution in [1.82, 2.24) is 4.98 Å². The van der Waals surface area contributed by atoms with Crippen molar-refractivity contribution < 1.29 is 18.3 Å². The number of thiazole rings is 1. The number of aliphatic hydroxyl groups excluding tert-OH is 1. The second kappa shape index (κ2) is 4.99. The quantitative estimate of drug-likeness (QED) is 0.880. The van der Waals surface area contributed by atoms with Gasteiger partial charge in [-0.3, -0.25) is 0 Å². The second-order valence-corrected chi connectivity index (χ2v) is 4.51. The standard InChI is InChI=1S/C7H8F3NOS2/c8-7(9,10)5(12)3-13-4-6-11-1-2-14-6/h1-2,5,12H,3-4H2/t5-/m0/s1. The summed E-state index contributed by atoms with van der Waals surface area (Å²) in [5.74, 6) is 0.0634. The van der Waals surface area contributed by atoms with E-state index < -0.39 is 12.3 Å². The number of nitrogens with zero attached hydrogens (tertiary/aromatic N) is 1. The fraction of sp³-hybridized carbons (Fsp3) is 0.571. The van der Waals surface area contributed by atoms with Crippen LogP contribution >= 0.6 is 23.1 Å². The van der Waals surface area contributed by atoms with Gasteiger partial charge >= 0.3 is 6.18 Å². The Hall–Kier alpha value is -0.270. The average Bonchev–Trinajstić information content (AvgIpc) is 2.55. The third kappa shape index (κ3) is 3.85. The summed E-state index contributed by atoms with van der Waals surface area (Å²) >= 11 is 2.41. The monoisotopic (exact) mass is 243 g/mol. The fourth-order valence-electron chi connectivity index (χ4n) is 0.677. The molecule has 0 radical (unpaired) electrons. The van der Waals surface area contributed by atoms with E-state index >= 15 is 0 Å². The van der Waals surface area contributed by atoms with Crippen molar-refractivity contribution in [3.63, 3.8) is 0 Å². The second-order valence-electron chi connectivity index (χ2n) is 2.50. The summed E-state index contributed by atoms with van der Waals surface area (Å²) in [7, 11) is 0. The molecule has 1 N–H and O–H groups in total. The van der Waals surface area contributed by atoms with E-state index in [2.05, 4.69) is 4.98 Å². The number of hydrogen-bond donors (Lipinski definition) is 1. The third-order valence-corrected chi connectivity index (χ3v) is 3.35. The highest BCUT2D eigenvalue weighted by atomic mass is 32.2. The lowest BCUT2D eigenvalue weighted by Gasteiger charge is -2.13. The van der Waals surface area contributed by atoms with Gasteiger partial charge in [-0.2, -0.15) is 24.9 Å². The van der Waals surface area contributed by atoms with Crippen LogP contribution < -0.4 is 0 Å². The van der Waals surface area contributed by atoms with E-state index in [4.69, 9.17) is 5.11 Å². The SMILES string of the molecule is O[C@@H](CSCc1nccs1)C(F)(F)F. The third-order valence-electron chi connectivity index (χ3n) is 1.36. The van der Waals surface area contributed by atoms with Gasteiger partial charge < -0.3 is 5.11 Å². The first-order valence-electron chi connectivity index (χ1n) is 3.71. The van der Waals surface area contributed by atoms with Gasteiger partial charge in [0.1, 0.15) is 5.01 Å². The molecular formula is C7H8F3NOS2. The Labute approximate surface area is 87.2 Å². The number of halogens is 3. The zero-order valence-corrected chi connectivity index (χ0v) is 8.62. The summed E-state index contributed by atoms with van der Waals surface area (Å²) < 4.78 is 35.5. The molecule has 0 aliphatic carbocycles. The van der Waals surface area contributed by atoms with E-state index in [1.807, 2.05) is 0 Å². The largest absolute Gasteiger partial charge is 0.415 e. The van der Waals surface area contributed by atoms with Gasteiger partial charge in [0, 0.05) is 23.1 Å². The van der Waals surface area contributed by atoms with Crippen LogP contribution in [0.4, 0.5) is 13.2 Å². The molecule has 0 aliphatic rings. The number of aromatic nitrogens is 1. The van der Waals surface area contributed by atoms with Gasteiger partial charge in [-0.25, -0.2) is 4.98 Å². The first-order valence-corrected chi connectivity index (χ1v) is 5.74. The van der Waals surface area contributed by atoms with Crippen LogP contribution in [0.3, 0.4) is 0 Å². The predicted octanol–water partition coefficient (Wildman–Crippen LogP) is 2.30. The Bertz CT molecular complexity index is 262. The van der Waals surface area contributed by atoms with Gasteiger partial charge in [0.15, 0.2) is 6.10 Å². The van der Waals surface area contributed by atoms with Gasteiger partial charge in [-0.15, -0.1) is 11.3 Å². The molecule has 80 valence electrons. The summed E-state index contributed by atoms with van der Waals surface area (Å²) in [6.07, 6.45) is -5.16. The van der Waals surface area contributed by atoms with Gasteiger partial charge in [-0.1, -0.05) is 0 Å². The smallest absolute Gasteiger partial charge is 0.383 e. The molecule has 0 aromatic carbocycles. The number of aliphatic hydroxyl groups is 1. The molecule has 1 atom stereocenters. The highest BCUT2D eigenvalue weighted by Gasteiger charge is 2.37. The van der Waals surface area contributed by atoms with Crippen LogP contribution in [0.1, 0.15) is 5.01 Å². The molecule has 2 nitrogen and oxygen atoms in total. The Morgan fingerprint density at radius 1 is 1.57 bits per heavy atom. The van der Waals surface area contributed by atoms with Crippen LogP contribution in [-0.4, -0.2) is 28.1 Å². The van der Waals surface area contributed by atoms with Crippen molar-refractivity contribution in [1.29, 1.82) is 0 Å². The van der Waals surface area contributed by atoms with E-state index in [1.165, 1.54) is 11.3 Å². The highest BCUT2D eigenvalue weighted by Crippen LogP contribution is 2.24. The van der Waals surface area contributed by atoms with E-state index in [0.29, 0.717) is 5.75 Å². The van der Waals surface area contributed by atoms with Crippen molar-refractivity contribution >= 4 is 23.1 Å². The molecule has 14 heavy (non-hydrogen) atoms. The molecule has 0 bridgehead atoms. The lowest BCUT2D eigenvalue weighted by Crippen LogP contribution is -2.30. The van der Waals surface area contributed by atoms with Gasteiger partial charge in [-0.05, 0) is 0 Å². The lowest BCUT2D eigenvalue weighted by atomic mass is 10.4. The molecule has 1 aromatic heterocycles. The summed E-state index contributed by atoms with van der Waals surface area (Å²) in [6.45, 7) is 0. The van der Waals surface area contributed by atoms with Gasteiger partial charge in [0.25, 0.3) is 0 Å². The number of hydrogen-bond acceptors (Lipinski definition) is 4. The van der Waals surface area contributed by atoms with E-state index in [-0.39, 0.29) is 5.75 Å². The van der Waals surface area contributed by atoms with Crippen LogP contribution in [0, 0.1) is 0 Å². The molecule has 0 saturated heterocycles. The molecular weight excluding hydrogens is 235 g/mol. The van der Waals surface area contributed by atoms with Crippen molar-refractivity contribution in [2.75, 3.05) is 5.75 Å². The van der Waals surface area contributed by atoms with Crippen LogP contribution in [-0.2, 0) is 5.75 Å². The molecule has 1 rings (SSSR count). The molecule has 0 fully saturated rings. The van der Waals surface area contributed by atoms with Crippen molar-refractivity contribution in [3.8, 4) is 0 Å². The number of rotatable bonds is 4. The molecule has 0 unspecified atom stereocenters. The number of thioether (sulfide) groups is 1. The van der Waals surface area contributed by atoms with E-state index in [9.17, 15) is 13.2 Å². The summed E-state index contributed by atoms with van der Waals surface area (Å²) in [4.78, 5) is 3.91. The topological polar surface area (TPSA) is 33.1 Å². The lowest BCUT2D eigenvalue weighted by molar-refractivity contribution is -0.195. The van der Waals surface area contributed by atoms with E-state index in [1.54, 1.807) is 11.6 Å². The number of alkyl halides is 3. The minimum absolute atomic E-state index is 0.344. The first-order chi connectivity index (χ1) is 6.50. The van der Waals surface area contributed by atoms with Gasteiger partial charge in [0.2, 0.25) is 0 Å². The zero-order valence-electron chi connectivity index (χ0n) is 6.99. The molecule has 1 heterocycles. The van der Waals surface area contributed by atoms with E-state index in [0.717, 1.165) is 16.8 Å².